The molecule has 0 aliphatic rings. The molecule has 0 amide bonds. The molecule has 0 bridgehead atoms. The Bertz CT molecular complexity index is 467. The van der Waals surface area contributed by atoms with Gasteiger partial charge in [-0.15, -0.1) is 0 Å². The smallest absolute Gasteiger partial charge is 0.226 e. The van der Waals surface area contributed by atoms with Crippen molar-refractivity contribution in [2.45, 2.75) is 26.2 Å². The Labute approximate surface area is 107 Å². The van der Waals surface area contributed by atoms with Crippen LogP contribution in [0.15, 0.2) is 34.9 Å². The highest BCUT2D eigenvalue weighted by atomic mass is 16.5. The molecule has 2 rings (SSSR count). The van der Waals surface area contributed by atoms with Crippen LogP contribution in [0.3, 0.4) is 0 Å². The molecule has 96 valence electrons. The number of rotatable bonds is 6. The van der Waals surface area contributed by atoms with E-state index in [0.29, 0.717) is 18.4 Å². The molecular weight excluding hydrogens is 226 g/mol. The molecule has 1 unspecified atom stereocenters. The molecule has 0 aliphatic carbocycles. The molecule has 0 saturated carbocycles. The second kappa shape index (κ2) is 6.31. The van der Waals surface area contributed by atoms with Crippen molar-refractivity contribution in [1.29, 1.82) is 0 Å². The number of benzene rings is 1. The van der Waals surface area contributed by atoms with Crippen molar-refractivity contribution >= 4 is 0 Å². The Balaban J connectivity index is 1.87. The van der Waals surface area contributed by atoms with Gasteiger partial charge in [-0.05, 0) is 24.4 Å². The van der Waals surface area contributed by atoms with Gasteiger partial charge in [0.05, 0.1) is 0 Å². The maximum absolute atomic E-state index is 5.57. The molecule has 0 saturated heterocycles. The first kappa shape index (κ1) is 12.8. The topological polar surface area (TPSA) is 64.9 Å². The van der Waals surface area contributed by atoms with Crippen molar-refractivity contribution < 1.29 is 4.52 Å². The molecular formula is C14H19N3O. The van der Waals surface area contributed by atoms with Crippen LogP contribution >= 0.6 is 0 Å². The van der Waals surface area contributed by atoms with Crippen LogP contribution in [0.4, 0.5) is 0 Å². The average molecular weight is 245 g/mol. The lowest BCUT2D eigenvalue weighted by Crippen LogP contribution is -2.13. The fraction of sp³-hybridized carbons (Fsp3) is 0.429. The van der Waals surface area contributed by atoms with E-state index in [1.807, 2.05) is 18.2 Å². The van der Waals surface area contributed by atoms with Crippen molar-refractivity contribution in [2.24, 2.45) is 11.7 Å². The first-order valence-corrected chi connectivity index (χ1v) is 6.33. The zero-order chi connectivity index (χ0) is 12.8. The molecule has 0 spiro atoms. The van der Waals surface area contributed by atoms with E-state index in [2.05, 4.69) is 29.2 Å². The third kappa shape index (κ3) is 3.67. The number of hydrogen-bond donors (Lipinski definition) is 1. The highest BCUT2D eigenvalue weighted by molar-refractivity contribution is 5.15. The zero-order valence-electron chi connectivity index (χ0n) is 10.7. The van der Waals surface area contributed by atoms with Crippen LogP contribution in [-0.4, -0.2) is 16.7 Å². The molecule has 0 aliphatic heterocycles. The van der Waals surface area contributed by atoms with Crippen molar-refractivity contribution in [2.75, 3.05) is 6.54 Å². The molecule has 2 N–H and O–H groups in total. The van der Waals surface area contributed by atoms with Gasteiger partial charge in [-0.3, -0.25) is 0 Å². The van der Waals surface area contributed by atoms with Crippen molar-refractivity contribution in [1.82, 2.24) is 10.1 Å². The maximum Gasteiger partial charge on any atom is 0.226 e. The van der Waals surface area contributed by atoms with Gasteiger partial charge >= 0.3 is 0 Å². The lowest BCUT2D eigenvalue weighted by atomic mass is 10.1. The summed E-state index contributed by atoms with van der Waals surface area (Å²) >= 11 is 0. The summed E-state index contributed by atoms with van der Waals surface area (Å²) in [4.78, 5) is 4.38. The monoisotopic (exact) mass is 245 g/mol. The van der Waals surface area contributed by atoms with Crippen LogP contribution in [0.1, 0.15) is 24.2 Å². The molecule has 2 aromatic rings. The maximum atomic E-state index is 5.57. The summed E-state index contributed by atoms with van der Waals surface area (Å²) in [6.07, 6.45) is 2.51. The third-order valence-electron chi connectivity index (χ3n) is 2.92. The van der Waals surface area contributed by atoms with Gasteiger partial charge in [0.2, 0.25) is 5.89 Å². The number of aromatic nitrogens is 2. The summed E-state index contributed by atoms with van der Waals surface area (Å²) in [5.41, 5.74) is 6.86. The predicted molar refractivity (Wildman–Crippen MR) is 70.1 cm³/mol. The standard InChI is InChI=1S/C14H19N3O/c1-11(10-15)9-14-16-13(17-18-14)8-7-12-5-3-2-4-6-12/h2-6,11H,7-10,15H2,1H3. The number of aryl methyl sites for hydroxylation is 2. The second-order valence-electron chi connectivity index (χ2n) is 4.63. The van der Waals surface area contributed by atoms with Gasteiger partial charge in [0.25, 0.3) is 0 Å². The lowest BCUT2D eigenvalue weighted by Gasteiger charge is -2.01. The Kier molecular flexibility index (Phi) is 4.47. The summed E-state index contributed by atoms with van der Waals surface area (Å²) in [6, 6.07) is 10.3. The van der Waals surface area contributed by atoms with Crippen molar-refractivity contribution in [3.8, 4) is 0 Å². The summed E-state index contributed by atoms with van der Waals surface area (Å²) in [5.74, 6) is 1.85. The van der Waals surface area contributed by atoms with Crippen LogP contribution in [-0.2, 0) is 19.3 Å². The van der Waals surface area contributed by atoms with Gasteiger partial charge < -0.3 is 10.3 Å². The highest BCUT2D eigenvalue weighted by Crippen LogP contribution is 2.08. The van der Waals surface area contributed by atoms with Gasteiger partial charge in [-0.25, -0.2) is 0 Å². The first-order chi connectivity index (χ1) is 8.78. The quantitative estimate of drug-likeness (QED) is 0.845. The summed E-state index contributed by atoms with van der Waals surface area (Å²) in [5, 5.41) is 3.99. The summed E-state index contributed by atoms with van der Waals surface area (Å²) < 4.78 is 5.21. The summed E-state index contributed by atoms with van der Waals surface area (Å²) in [7, 11) is 0. The largest absolute Gasteiger partial charge is 0.339 e. The Hall–Kier alpha value is -1.68. The minimum atomic E-state index is 0.382. The van der Waals surface area contributed by atoms with Crippen molar-refractivity contribution in [3.05, 3.63) is 47.6 Å². The van der Waals surface area contributed by atoms with Crippen molar-refractivity contribution in [3.63, 3.8) is 0 Å². The number of hydrogen-bond acceptors (Lipinski definition) is 4. The van der Waals surface area contributed by atoms with Gasteiger partial charge in [0.1, 0.15) is 0 Å². The van der Waals surface area contributed by atoms with Gasteiger partial charge in [-0.2, -0.15) is 4.98 Å². The number of nitrogens with zero attached hydrogens (tertiary/aromatic N) is 2. The first-order valence-electron chi connectivity index (χ1n) is 6.33. The van der Waals surface area contributed by atoms with Gasteiger partial charge in [-0.1, -0.05) is 42.4 Å². The highest BCUT2D eigenvalue weighted by Gasteiger charge is 2.09. The van der Waals surface area contributed by atoms with E-state index in [1.54, 1.807) is 0 Å². The predicted octanol–water partition coefficient (Wildman–Crippen LogP) is 1.99. The molecule has 4 nitrogen and oxygen atoms in total. The zero-order valence-corrected chi connectivity index (χ0v) is 10.7. The van der Waals surface area contributed by atoms with Gasteiger partial charge in [0, 0.05) is 12.8 Å². The van der Waals surface area contributed by atoms with E-state index in [-0.39, 0.29) is 0 Å². The Morgan fingerprint density at radius 1 is 1.22 bits per heavy atom. The summed E-state index contributed by atoms with van der Waals surface area (Å²) in [6.45, 7) is 2.72. The molecule has 0 fully saturated rings. The number of nitrogens with two attached hydrogens (primary N) is 1. The molecule has 1 heterocycles. The van der Waals surface area contributed by atoms with Gasteiger partial charge in [0.15, 0.2) is 5.82 Å². The molecule has 1 atom stereocenters. The molecule has 1 aromatic heterocycles. The fourth-order valence-corrected chi connectivity index (χ4v) is 1.76. The van der Waals surface area contributed by atoms with Crippen LogP contribution < -0.4 is 5.73 Å². The van der Waals surface area contributed by atoms with E-state index in [0.717, 1.165) is 25.1 Å². The van der Waals surface area contributed by atoms with Crippen LogP contribution in [0, 0.1) is 5.92 Å². The average Bonchev–Trinajstić information content (AvgIpc) is 2.85. The van der Waals surface area contributed by atoms with Crippen LogP contribution in [0.25, 0.3) is 0 Å². The molecule has 18 heavy (non-hydrogen) atoms. The minimum absolute atomic E-state index is 0.382. The molecule has 4 heteroatoms. The van der Waals surface area contributed by atoms with Crippen LogP contribution in [0.5, 0.6) is 0 Å². The van der Waals surface area contributed by atoms with E-state index in [1.165, 1.54) is 5.56 Å². The molecule has 1 aromatic carbocycles. The minimum Gasteiger partial charge on any atom is -0.339 e. The molecule has 0 radical (unpaired) electrons. The fourth-order valence-electron chi connectivity index (χ4n) is 1.76. The van der Waals surface area contributed by atoms with E-state index in [4.69, 9.17) is 10.3 Å². The SMILES string of the molecule is CC(CN)Cc1nc(CCc2ccccc2)no1. The lowest BCUT2D eigenvalue weighted by molar-refractivity contribution is 0.355. The second-order valence-corrected chi connectivity index (χ2v) is 4.63. The Morgan fingerprint density at radius 3 is 2.72 bits per heavy atom. The third-order valence-corrected chi connectivity index (χ3v) is 2.92. The Morgan fingerprint density at radius 2 is 2.00 bits per heavy atom. The van der Waals surface area contributed by atoms with E-state index >= 15 is 0 Å². The van der Waals surface area contributed by atoms with E-state index < -0.39 is 0 Å². The van der Waals surface area contributed by atoms with E-state index in [9.17, 15) is 0 Å². The van der Waals surface area contributed by atoms with Crippen LogP contribution in [0.2, 0.25) is 0 Å². The normalized spacial score (nSPS) is 12.6.